The van der Waals surface area contributed by atoms with Crippen molar-refractivity contribution in [3.05, 3.63) is 45.5 Å². The lowest BCUT2D eigenvalue weighted by Crippen LogP contribution is -2.18. The van der Waals surface area contributed by atoms with E-state index in [9.17, 15) is 22.8 Å². The second kappa shape index (κ2) is 4.17. The zero-order valence-corrected chi connectivity index (χ0v) is 9.01. The van der Waals surface area contributed by atoms with Gasteiger partial charge in [0.05, 0.1) is 18.0 Å². The quantitative estimate of drug-likeness (QED) is 0.625. The fourth-order valence-corrected chi connectivity index (χ4v) is 1.56. The van der Waals surface area contributed by atoms with Gasteiger partial charge >= 0.3 is 5.97 Å². The molecule has 4 nitrogen and oxygen atoms in total. The molecule has 1 heterocycles. The maximum atomic E-state index is 13.5. The van der Waals surface area contributed by atoms with E-state index in [2.05, 4.69) is 9.72 Å². The fourth-order valence-electron chi connectivity index (χ4n) is 1.56. The maximum Gasteiger partial charge on any atom is 0.343 e. The number of halogens is 3. The highest BCUT2D eigenvalue weighted by Crippen LogP contribution is 2.19. The second-order valence-corrected chi connectivity index (χ2v) is 3.43. The van der Waals surface area contributed by atoms with Crippen LogP contribution in [0.3, 0.4) is 0 Å². The largest absolute Gasteiger partial charge is 0.465 e. The Hall–Kier alpha value is -2.31. The molecular formula is C11H6F3NO3. The smallest absolute Gasteiger partial charge is 0.343 e. The van der Waals surface area contributed by atoms with Crippen molar-refractivity contribution in [2.24, 2.45) is 0 Å². The highest BCUT2D eigenvalue weighted by Gasteiger charge is 2.20. The fraction of sp³-hybridized carbons (Fsp3) is 0.0909. The Morgan fingerprint density at radius 1 is 1.28 bits per heavy atom. The molecule has 7 heteroatoms. The van der Waals surface area contributed by atoms with E-state index in [1.165, 1.54) is 0 Å². The summed E-state index contributed by atoms with van der Waals surface area (Å²) in [6, 6.07) is 0.244. The van der Waals surface area contributed by atoms with Crippen LogP contribution >= 0.6 is 0 Å². The van der Waals surface area contributed by atoms with E-state index >= 15 is 0 Å². The van der Waals surface area contributed by atoms with Crippen LogP contribution in [0, 0.1) is 17.5 Å². The number of aromatic nitrogens is 1. The number of pyridine rings is 1. The molecule has 0 radical (unpaired) electrons. The van der Waals surface area contributed by atoms with Crippen molar-refractivity contribution >= 4 is 16.9 Å². The van der Waals surface area contributed by atoms with Gasteiger partial charge in [0.15, 0.2) is 11.6 Å². The van der Waals surface area contributed by atoms with Gasteiger partial charge in [-0.25, -0.2) is 18.0 Å². The monoisotopic (exact) mass is 257 g/mol. The van der Waals surface area contributed by atoms with E-state index in [4.69, 9.17) is 0 Å². The summed E-state index contributed by atoms with van der Waals surface area (Å²) in [7, 11) is 1.04. The van der Waals surface area contributed by atoms with Gasteiger partial charge in [0.25, 0.3) is 0 Å². The summed E-state index contributed by atoms with van der Waals surface area (Å²) in [5.74, 6) is -5.07. The van der Waals surface area contributed by atoms with Crippen molar-refractivity contribution in [1.82, 2.24) is 4.98 Å². The van der Waals surface area contributed by atoms with Crippen LogP contribution in [-0.2, 0) is 4.74 Å². The third-order valence-corrected chi connectivity index (χ3v) is 2.41. The Balaban J connectivity index is 2.92. The highest BCUT2D eigenvalue weighted by molar-refractivity contribution is 5.93. The molecule has 2 aromatic rings. The van der Waals surface area contributed by atoms with Crippen LogP contribution in [0.2, 0.25) is 0 Å². The third kappa shape index (κ3) is 1.64. The molecule has 1 aromatic carbocycles. The van der Waals surface area contributed by atoms with Crippen molar-refractivity contribution in [2.45, 2.75) is 0 Å². The second-order valence-electron chi connectivity index (χ2n) is 3.43. The van der Waals surface area contributed by atoms with E-state index in [1.54, 1.807) is 0 Å². The van der Waals surface area contributed by atoms with Gasteiger partial charge in [-0.05, 0) is 0 Å². The summed E-state index contributed by atoms with van der Waals surface area (Å²) < 4.78 is 44.0. The van der Waals surface area contributed by atoms with E-state index < -0.39 is 45.3 Å². The number of carbonyl (C=O) groups is 1. The molecule has 1 aromatic heterocycles. The summed E-state index contributed by atoms with van der Waals surface area (Å²) in [5, 5.41) is -0.725. The minimum absolute atomic E-state index is 0.244. The molecule has 18 heavy (non-hydrogen) atoms. The van der Waals surface area contributed by atoms with Gasteiger partial charge in [-0.1, -0.05) is 0 Å². The zero-order valence-electron chi connectivity index (χ0n) is 9.01. The maximum absolute atomic E-state index is 13.5. The number of nitrogens with one attached hydrogen (secondary N) is 1. The average molecular weight is 257 g/mol. The van der Waals surface area contributed by atoms with Gasteiger partial charge in [0.1, 0.15) is 11.4 Å². The first-order chi connectivity index (χ1) is 8.47. The van der Waals surface area contributed by atoms with E-state index in [0.29, 0.717) is 0 Å². The predicted molar refractivity (Wildman–Crippen MR) is 55.8 cm³/mol. The molecule has 0 spiro atoms. The Kier molecular flexibility index (Phi) is 2.82. The van der Waals surface area contributed by atoms with Gasteiger partial charge in [-0.3, -0.25) is 4.79 Å². The molecular weight excluding hydrogens is 251 g/mol. The molecule has 0 aliphatic rings. The number of benzene rings is 1. The van der Waals surface area contributed by atoms with Crippen molar-refractivity contribution in [1.29, 1.82) is 0 Å². The molecule has 0 saturated heterocycles. The molecule has 0 atom stereocenters. The molecule has 0 unspecified atom stereocenters. The molecule has 0 saturated carbocycles. The Labute approximate surface area is 98.0 Å². The van der Waals surface area contributed by atoms with Crippen LogP contribution < -0.4 is 5.43 Å². The van der Waals surface area contributed by atoms with Crippen LogP contribution in [0.25, 0.3) is 10.9 Å². The van der Waals surface area contributed by atoms with Crippen LogP contribution in [0.5, 0.6) is 0 Å². The van der Waals surface area contributed by atoms with Gasteiger partial charge in [-0.15, -0.1) is 0 Å². The molecule has 2 rings (SSSR count). The number of aromatic amines is 1. The molecule has 1 N–H and O–H groups in total. The predicted octanol–water partition coefficient (Wildman–Crippen LogP) is 1.73. The zero-order chi connectivity index (χ0) is 13.4. The lowest BCUT2D eigenvalue weighted by Gasteiger charge is -2.04. The Bertz CT molecular complexity index is 709. The summed E-state index contributed by atoms with van der Waals surface area (Å²) in [5.41, 5.74) is -2.19. The minimum Gasteiger partial charge on any atom is -0.465 e. The summed E-state index contributed by atoms with van der Waals surface area (Å²) in [6.45, 7) is 0. The SMILES string of the molecule is COC(=O)c1c[nH]c2c(F)c(F)cc(F)c2c1=O. The van der Waals surface area contributed by atoms with E-state index in [-0.39, 0.29) is 6.07 Å². The van der Waals surface area contributed by atoms with Gasteiger partial charge < -0.3 is 9.72 Å². The van der Waals surface area contributed by atoms with Crippen LogP contribution in [0.4, 0.5) is 13.2 Å². The molecule has 0 amide bonds. The van der Waals surface area contributed by atoms with Crippen molar-refractivity contribution < 1.29 is 22.7 Å². The van der Waals surface area contributed by atoms with Gasteiger partial charge in [-0.2, -0.15) is 0 Å². The molecule has 0 fully saturated rings. The van der Waals surface area contributed by atoms with Crippen molar-refractivity contribution in [3.8, 4) is 0 Å². The minimum atomic E-state index is -1.43. The van der Waals surface area contributed by atoms with Crippen LogP contribution in [-0.4, -0.2) is 18.1 Å². The molecule has 0 bridgehead atoms. The Morgan fingerprint density at radius 2 is 1.94 bits per heavy atom. The summed E-state index contributed by atoms with van der Waals surface area (Å²) >= 11 is 0. The summed E-state index contributed by atoms with van der Waals surface area (Å²) in [6.07, 6.45) is 0.846. The van der Waals surface area contributed by atoms with E-state index in [0.717, 1.165) is 13.3 Å². The number of fused-ring (bicyclic) bond motifs is 1. The first-order valence-electron chi connectivity index (χ1n) is 4.74. The first-order valence-corrected chi connectivity index (χ1v) is 4.74. The van der Waals surface area contributed by atoms with Crippen LogP contribution in [0.1, 0.15) is 10.4 Å². The number of carbonyl (C=O) groups excluding carboxylic acids is 1. The first kappa shape index (κ1) is 12.2. The number of esters is 1. The number of hydrogen-bond acceptors (Lipinski definition) is 3. The number of hydrogen-bond donors (Lipinski definition) is 1. The van der Waals surface area contributed by atoms with Crippen molar-refractivity contribution in [2.75, 3.05) is 7.11 Å². The number of ether oxygens (including phenoxy) is 1. The highest BCUT2D eigenvalue weighted by atomic mass is 19.2. The number of rotatable bonds is 1. The summed E-state index contributed by atoms with van der Waals surface area (Å²) in [4.78, 5) is 25.1. The lowest BCUT2D eigenvalue weighted by molar-refractivity contribution is 0.0599. The van der Waals surface area contributed by atoms with Gasteiger partial charge in [0, 0.05) is 12.3 Å². The third-order valence-electron chi connectivity index (χ3n) is 2.41. The van der Waals surface area contributed by atoms with Gasteiger partial charge in [0.2, 0.25) is 5.43 Å². The topological polar surface area (TPSA) is 59.2 Å². The number of methoxy groups -OCH3 is 1. The normalized spacial score (nSPS) is 10.7. The molecule has 94 valence electrons. The van der Waals surface area contributed by atoms with Crippen molar-refractivity contribution in [3.63, 3.8) is 0 Å². The number of H-pyrrole nitrogens is 1. The van der Waals surface area contributed by atoms with E-state index in [1.807, 2.05) is 0 Å². The standard InChI is InChI=1S/C11H6F3NO3/c1-18-11(17)4-3-15-9-7(10(4)16)5(12)2-6(13)8(9)14/h2-3H,1H3,(H,15,16). The average Bonchev–Trinajstić information content (AvgIpc) is 2.34. The van der Waals surface area contributed by atoms with Crippen LogP contribution in [0.15, 0.2) is 17.1 Å². The molecule has 0 aliphatic heterocycles. The molecule has 0 aliphatic carbocycles. The lowest BCUT2D eigenvalue weighted by atomic mass is 10.1. The Morgan fingerprint density at radius 3 is 2.56 bits per heavy atom.